The third-order valence-corrected chi connectivity index (χ3v) is 3.90. The maximum atomic E-state index is 11.8. The Hall–Kier alpha value is -1.96. The average molecular weight is 349 g/mol. The van der Waals surface area contributed by atoms with E-state index < -0.39 is 0 Å². The molecule has 2 rings (SSSR count). The minimum Gasteiger partial charge on any atom is -0.494 e. The van der Waals surface area contributed by atoms with E-state index >= 15 is 0 Å². The van der Waals surface area contributed by atoms with Crippen LogP contribution in [-0.2, 0) is 9.53 Å². The van der Waals surface area contributed by atoms with Crippen LogP contribution >= 0.6 is 11.3 Å². The Kier molecular flexibility index (Phi) is 7.67. The first kappa shape index (κ1) is 18.4. The SMILES string of the molecule is CCCOc1ccc(-c2csc(NC(=O)CNCCOC)n2)cc1. The fraction of sp³-hybridized carbons (Fsp3) is 0.412. The Bertz CT molecular complexity index is 628. The number of carbonyl (C=O) groups is 1. The second-order valence-electron chi connectivity index (χ2n) is 5.13. The van der Waals surface area contributed by atoms with Crippen LogP contribution in [0.15, 0.2) is 29.6 Å². The summed E-state index contributed by atoms with van der Waals surface area (Å²) in [4.78, 5) is 16.3. The molecular weight excluding hydrogens is 326 g/mol. The van der Waals surface area contributed by atoms with Crippen LogP contribution < -0.4 is 15.4 Å². The number of rotatable bonds is 10. The van der Waals surface area contributed by atoms with E-state index in [1.807, 2.05) is 29.6 Å². The summed E-state index contributed by atoms with van der Waals surface area (Å²) in [6, 6.07) is 7.81. The lowest BCUT2D eigenvalue weighted by Crippen LogP contribution is -2.30. The van der Waals surface area contributed by atoms with Crippen molar-refractivity contribution in [1.82, 2.24) is 10.3 Å². The Morgan fingerprint density at radius 2 is 2.04 bits per heavy atom. The summed E-state index contributed by atoms with van der Waals surface area (Å²) >= 11 is 1.41. The number of methoxy groups -OCH3 is 1. The van der Waals surface area contributed by atoms with Gasteiger partial charge in [0.05, 0.1) is 25.5 Å². The van der Waals surface area contributed by atoms with Crippen LogP contribution in [0.4, 0.5) is 5.13 Å². The molecule has 130 valence electrons. The molecule has 0 spiro atoms. The fourth-order valence-electron chi connectivity index (χ4n) is 1.95. The van der Waals surface area contributed by atoms with Gasteiger partial charge in [0.2, 0.25) is 5.91 Å². The molecule has 7 heteroatoms. The number of benzene rings is 1. The van der Waals surface area contributed by atoms with Gasteiger partial charge < -0.3 is 20.1 Å². The first-order chi connectivity index (χ1) is 11.7. The lowest BCUT2D eigenvalue weighted by Gasteiger charge is -2.05. The number of carbonyl (C=O) groups excluding carboxylic acids is 1. The van der Waals surface area contributed by atoms with Crippen LogP contribution in [0.1, 0.15) is 13.3 Å². The van der Waals surface area contributed by atoms with Gasteiger partial charge >= 0.3 is 0 Å². The topological polar surface area (TPSA) is 72.5 Å². The van der Waals surface area contributed by atoms with Gasteiger partial charge in [0.1, 0.15) is 5.75 Å². The van der Waals surface area contributed by atoms with E-state index in [1.165, 1.54) is 11.3 Å². The van der Waals surface area contributed by atoms with Gasteiger partial charge in [-0.1, -0.05) is 6.92 Å². The molecule has 0 fully saturated rings. The molecule has 0 saturated heterocycles. The highest BCUT2D eigenvalue weighted by Gasteiger charge is 2.08. The van der Waals surface area contributed by atoms with Gasteiger partial charge in [-0.15, -0.1) is 11.3 Å². The lowest BCUT2D eigenvalue weighted by atomic mass is 10.2. The number of nitrogens with zero attached hydrogens (tertiary/aromatic N) is 1. The number of hydrogen-bond acceptors (Lipinski definition) is 6. The summed E-state index contributed by atoms with van der Waals surface area (Å²) < 4.78 is 10.5. The minimum atomic E-state index is -0.115. The number of amides is 1. The Morgan fingerprint density at radius 1 is 1.25 bits per heavy atom. The van der Waals surface area contributed by atoms with Crippen LogP contribution in [0.3, 0.4) is 0 Å². The molecule has 24 heavy (non-hydrogen) atoms. The fourth-order valence-corrected chi connectivity index (χ4v) is 2.68. The van der Waals surface area contributed by atoms with Crippen molar-refractivity contribution < 1.29 is 14.3 Å². The van der Waals surface area contributed by atoms with Gasteiger partial charge in [-0.3, -0.25) is 4.79 Å². The van der Waals surface area contributed by atoms with Crippen molar-refractivity contribution in [3.63, 3.8) is 0 Å². The van der Waals surface area contributed by atoms with Crippen molar-refractivity contribution in [1.29, 1.82) is 0 Å². The second-order valence-corrected chi connectivity index (χ2v) is 5.99. The third kappa shape index (κ3) is 5.92. The van der Waals surface area contributed by atoms with Crippen LogP contribution in [0, 0.1) is 0 Å². The maximum absolute atomic E-state index is 11.8. The summed E-state index contributed by atoms with van der Waals surface area (Å²) in [6.45, 7) is 4.24. The number of ether oxygens (including phenoxy) is 2. The standard InChI is InChI=1S/C17H23N3O3S/c1-3-9-23-14-6-4-13(5-7-14)15-12-24-17(19-15)20-16(21)11-18-8-10-22-2/h4-7,12,18H,3,8-11H2,1-2H3,(H,19,20,21). The minimum absolute atomic E-state index is 0.115. The van der Waals surface area contributed by atoms with Crippen molar-refractivity contribution in [2.75, 3.05) is 38.7 Å². The monoisotopic (exact) mass is 349 g/mol. The number of anilines is 1. The van der Waals surface area contributed by atoms with Gasteiger partial charge in [0.15, 0.2) is 5.13 Å². The molecule has 6 nitrogen and oxygen atoms in total. The van der Waals surface area contributed by atoms with E-state index in [0.717, 1.165) is 23.4 Å². The summed E-state index contributed by atoms with van der Waals surface area (Å²) in [5, 5.41) is 8.30. The van der Waals surface area contributed by atoms with Crippen molar-refractivity contribution in [3.05, 3.63) is 29.6 Å². The van der Waals surface area contributed by atoms with E-state index in [1.54, 1.807) is 7.11 Å². The Balaban J connectivity index is 1.87. The molecule has 0 unspecified atom stereocenters. The summed E-state index contributed by atoms with van der Waals surface area (Å²) in [7, 11) is 1.63. The third-order valence-electron chi connectivity index (χ3n) is 3.14. The van der Waals surface area contributed by atoms with Crippen molar-refractivity contribution >= 4 is 22.4 Å². The molecule has 2 N–H and O–H groups in total. The molecule has 1 aromatic carbocycles. The van der Waals surface area contributed by atoms with E-state index in [-0.39, 0.29) is 12.5 Å². The predicted octanol–water partition coefficient (Wildman–Crippen LogP) is 2.77. The Morgan fingerprint density at radius 3 is 2.75 bits per heavy atom. The van der Waals surface area contributed by atoms with E-state index in [4.69, 9.17) is 9.47 Å². The van der Waals surface area contributed by atoms with Crippen LogP contribution in [0.2, 0.25) is 0 Å². The normalized spacial score (nSPS) is 10.6. The van der Waals surface area contributed by atoms with Gasteiger partial charge in [-0.2, -0.15) is 0 Å². The first-order valence-electron chi connectivity index (χ1n) is 7.91. The van der Waals surface area contributed by atoms with Crippen LogP contribution in [-0.4, -0.2) is 44.3 Å². The molecule has 0 aliphatic rings. The number of aromatic nitrogens is 1. The zero-order valence-electron chi connectivity index (χ0n) is 14.0. The van der Waals surface area contributed by atoms with Crippen molar-refractivity contribution in [2.24, 2.45) is 0 Å². The van der Waals surface area contributed by atoms with E-state index in [9.17, 15) is 4.79 Å². The quantitative estimate of drug-likeness (QED) is 0.645. The average Bonchev–Trinajstić information content (AvgIpc) is 3.06. The molecule has 0 aliphatic heterocycles. The number of hydrogen-bond donors (Lipinski definition) is 2. The largest absolute Gasteiger partial charge is 0.494 e. The number of nitrogens with one attached hydrogen (secondary N) is 2. The van der Waals surface area contributed by atoms with Crippen LogP contribution in [0.5, 0.6) is 5.75 Å². The highest BCUT2D eigenvalue weighted by Crippen LogP contribution is 2.26. The highest BCUT2D eigenvalue weighted by molar-refractivity contribution is 7.14. The molecule has 1 heterocycles. The van der Waals surface area contributed by atoms with E-state index in [2.05, 4.69) is 22.5 Å². The summed E-state index contributed by atoms with van der Waals surface area (Å²) in [5.74, 6) is 0.738. The van der Waals surface area contributed by atoms with Gasteiger partial charge in [0.25, 0.3) is 0 Å². The molecule has 0 atom stereocenters. The van der Waals surface area contributed by atoms with Crippen molar-refractivity contribution in [3.8, 4) is 17.0 Å². The second kappa shape index (κ2) is 10.0. The van der Waals surface area contributed by atoms with E-state index in [0.29, 0.717) is 24.9 Å². The zero-order valence-corrected chi connectivity index (χ0v) is 14.8. The predicted molar refractivity (Wildman–Crippen MR) is 96.7 cm³/mol. The molecule has 0 aliphatic carbocycles. The lowest BCUT2D eigenvalue weighted by molar-refractivity contribution is -0.115. The molecule has 0 saturated carbocycles. The smallest absolute Gasteiger partial charge is 0.240 e. The van der Waals surface area contributed by atoms with Crippen LogP contribution in [0.25, 0.3) is 11.3 Å². The molecular formula is C17H23N3O3S. The van der Waals surface area contributed by atoms with Crippen molar-refractivity contribution in [2.45, 2.75) is 13.3 Å². The molecule has 2 aromatic rings. The van der Waals surface area contributed by atoms with Gasteiger partial charge in [0, 0.05) is 24.6 Å². The first-order valence-corrected chi connectivity index (χ1v) is 8.79. The Labute approximate surface area is 146 Å². The molecule has 0 radical (unpaired) electrons. The zero-order chi connectivity index (χ0) is 17.2. The molecule has 0 bridgehead atoms. The summed E-state index contributed by atoms with van der Waals surface area (Å²) in [5.41, 5.74) is 1.83. The van der Waals surface area contributed by atoms with Gasteiger partial charge in [-0.25, -0.2) is 4.98 Å². The molecule has 1 amide bonds. The highest BCUT2D eigenvalue weighted by atomic mass is 32.1. The molecule has 1 aromatic heterocycles. The maximum Gasteiger partial charge on any atom is 0.240 e. The number of thiazole rings is 1. The summed E-state index contributed by atoms with van der Waals surface area (Å²) in [6.07, 6.45) is 0.983. The van der Waals surface area contributed by atoms with Gasteiger partial charge in [-0.05, 0) is 30.7 Å².